The number of methoxy groups -OCH3 is 1. The molecule has 92 valence electrons. The SMILES string of the molecule is COC(=O)CCC(=O)c1cncc2ccccc12. The molecule has 0 saturated carbocycles. The standard InChI is InChI=1S/C14H13NO3/c1-18-14(17)7-6-13(16)12-9-15-8-10-4-2-3-5-11(10)12/h2-5,8-9H,6-7H2,1H3. The van der Waals surface area contributed by atoms with E-state index in [-0.39, 0.29) is 24.6 Å². The summed E-state index contributed by atoms with van der Waals surface area (Å²) in [4.78, 5) is 27.1. The lowest BCUT2D eigenvalue weighted by Gasteiger charge is -2.04. The summed E-state index contributed by atoms with van der Waals surface area (Å²) in [5.41, 5.74) is 0.553. The van der Waals surface area contributed by atoms with E-state index in [4.69, 9.17) is 0 Å². The van der Waals surface area contributed by atoms with Crippen molar-refractivity contribution in [1.29, 1.82) is 0 Å². The molecule has 0 saturated heterocycles. The summed E-state index contributed by atoms with van der Waals surface area (Å²) in [6.45, 7) is 0. The topological polar surface area (TPSA) is 56.3 Å². The summed E-state index contributed by atoms with van der Waals surface area (Å²) < 4.78 is 4.52. The number of aromatic nitrogens is 1. The Morgan fingerprint density at radius 1 is 1.17 bits per heavy atom. The van der Waals surface area contributed by atoms with Crippen LogP contribution in [0.1, 0.15) is 23.2 Å². The van der Waals surface area contributed by atoms with Crippen molar-refractivity contribution in [3.8, 4) is 0 Å². The quantitative estimate of drug-likeness (QED) is 0.611. The summed E-state index contributed by atoms with van der Waals surface area (Å²) in [6.07, 6.45) is 3.50. The fourth-order valence-corrected chi connectivity index (χ4v) is 1.79. The van der Waals surface area contributed by atoms with Crippen LogP contribution >= 0.6 is 0 Å². The molecule has 0 amide bonds. The molecule has 1 aromatic heterocycles. The normalized spacial score (nSPS) is 10.3. The number of carbonyl (C=O) groups excluding carboxylic acids is 2. The molecule has 0 N–H and O–H groups in total. The van der Waals surface area contributed by atoms with E-state index in [9.17, 15) is 9.59 Å². The number of carbonyl (C=O) groups is 2. The van der Waals surface area contributed by atoms with Gasteiger partial charge in [-0.05, 0) is 5.39 Å². The Kier molecular flexibility index (Phi) is 3.67. The van der Waals surface area contributed by atoms with Crippen LogP contribution in [0.25, 0.3) is 10.8 Å². The Hall–Kier alpha value is -2.23. The van der Waals surface area contributed by atoms with E-state index in [0.29, 0.717) is 5.56 Å². The van der Waals surface area contributed by atoms with Crippen molar-refractivity contribution in [2.75, 3.05) is 7.11 Å². The number of fused-ring (bicyclic) bond motifs is 1. The van der Waals surface area contributed by atoms with Gasteiger partial charge in [0.1, 0.15) is 0 Å². The third-order valence-corrected chi connectivity index (χ3v) is 2.75. The van der Waals surface area contributed by atoms with E-state index in [1.807, 2.05) is 24.3 Å². The molecule has 4 heteroatoms. The highest BCUT2D eigenvalue weighted by molar-refractivity contribution is 6.08. The van der Waals surface area contributed by atoms with Gasteiger partial charge in [0, 0.05) is 29.8 Å². The van der Waals surface area contributed by atoms with Gasteiger partial charge >= 0.3 is 5.97 Å². The summed E-state index contributed by atoms with van der Waals surface area (Å²) in [6, 6.07) is 7.55. The third-order valence-electron chi connectivity index (χ3n) is 2.75. The highest BCUT2D eigenvalue weighted by Gasteiger charge is 2.12. The van der Waals surface area contributed by atoms with E-state index >= 15 is 0 Å². The zero-order chi connectivity index (χ0) is 13.0. The Morgan fingerprint density at radius 3 is 2.72 bits per heavy atom. The Morgan fingerprint density at radius 2 is 1.94 bits per heavy atom. The van der Waals surface area contributed by atoms with E-state index in [2.05, 4.69) is 9.72 Å². The Labute approximate surface area is 105 Å². The first-order valence-electron chi connectivity index (χ1n) is 5.65. The van der Waals surface area contributed by atoms with Gasteiger partial charge in [-0.1, -0.05) is 24.3 Å². The monoisotopic (exact) mass is 243 g/mol. The maximum Gasteiger partial charge on any atom is 0.305 e. The van der Waals surface area contributed by atoms with Crippen LogP contribution < -0.4 is 0 Å². The van der Waals surface area contributed by atoms with E-state index in [0.717, 1.165) is 10.8 Å². The number of rotatable bonds is 4. The van der Waals surface area contributed by atoms with Crippen LogP contribution in [0.4, 0.5) is 0 Å². The molecule has 2 aromatic rings. The summed E-state index contributed by atoms with van der Waals surface area (Å²) in [7, 11) is 1.31. The molecule has 4 nitrogen and oxygen atoms in total. The van der Waals surface area contributed by atoms with Gasteiger partial charge in [0.25, 0.3) is 0 Å². The number of ketones is 1. The number of ether oxygens (including phenoxy) is 1. The predicted octanol–water partition coefficient (Wildman–Crippen LogP) is 2.37. The number of benzene rings is 1. The molecule has 0 aliphatic heterocycles. The zero-order valence-electron chi connectivity index (χ0n) is 10.1. The second kappa shape index (κ2) is 5.40. The maximum atomic E-state index is 12.0. The van der Waals surface area contributed by atoms with E-state index in [1.165, 1.54) is 7.11 Å². The van der Waals surface area contributed by atoms with Crippen molar-refractivity contribution in [2.24, 2.45) is 0 Å². The number of esters is 1. The highest BCUT2D eigenvalue weighted by Crippen LogP contribution is 2.18. The lowest BCUT2D eigenvalue weighted by atomic mass is 10.0. The molecular weight excluding hydrogens is 230 g/mol. The third kappa shape index (κ3) is 2.53. The van der Waals surface area contributed by atoms with E-state index < -0.39 is 0 Å². The van der Waals surface area contributed by atoms with Gasteiger partial charge < -0.3 is 4.74 Å². The molecule has 0 aliphatic carbocycles. The van der Waals surface area contributed by atoms with E-state index in [1.54, 1.807) is 12.4 Å². The maximum absolute atomic E-state index is 12.0. The van der Waals surface area contributed by atoms with Crippen LogP contribution in [0.3, 0.4) is 0 Å². The minimum atomic E-state index is -0.378. The Balaban J connectivity index is 2.25. The number of nitrogens with zero attached hydrogens (tertiary/aromatic N) is 1. The number of hydrogen-bond acceptors (Lipinski definition) is 4. The minimum absolute atomic E-state index is 0.0929. The molecule has 1 heterocycles. The smallest absolute Gasteiger partial charge is 0.305 e. The van der Waals surface area contributed by atoms with Crippen LogP contribution in [-0.2, 0) is 9.53 Å². The fourth-order valence-electron chi connectivity index (χ4n) is 1.79. The van der Waals surface area contributed by atoms with Crippen molar-refractivity contribution in [3.63, 3.8) is 0 Å². The van der Waals surface area contributed by atoms with Gasteiger partial charge in [-0.15, -0.1) is 0 Å². The number of Topliss-reactive ketones (excluding diaryl/α,β-unsaturated/α-hetero) is 1. The molecule has 0 spiro atoms. The molecule has 0 radical (unpaired) electrons. The van der Waals surface area contributed by atoms with Gasteiger partial charge in [0.15, 0.2) is 5.78 Å². The van der Waals surface area contributed by atoms with Gasteiger partial charge in [0.2, 0.25) is 0 Å². The summed E-state index contributed by atoms with van der Waals surface area (Å²) in [5, 5.41) is 1.78. The van der Waals surface area contributed by atoms with Gasteiger partial charge in [0.05, 0.1) is 13.5 Å². The first-order valence-corrected chi connectivity index (χ1v) is 5.65. The van der Waals surface area contributed by atoms with Crippen molar-refractivity contribution in [3.05, 3.63) is 42.2 Å². The summed E-state index contributed by atoms with van der Waals surface area (Å²) >= 11 is 0. The van der Waals surface area contributed by atoms with Crippen molar-refractivity contribution >= 4 is 22.5 Å². The van der Waals surface area contributed by atoms with Crippen LogP contribution in [0, 0.1) is 0 Å². The average molecular weight is 243 g/mol. The van der Waals surface area contributed by atoms with Gasteiger partial charge in [-0.25, -0.2) is 0 Å². The van der Waals surface area contributed by atoms with Crippen molar-refractivity contribution in [2.45, 2.75) is 12.8 Å². The molecule has 0 bridgehead atoms. The van der Waals surface area contributed by atoms with Gasteiger partial charge in [-0.2, -0.15) is 0 Å². The molecular formula is C14H13NO3. The van der Waals surface area contributed by atoms with Crippen LogP contribution in [0.5, 0.6) is 0 Å². The number of hydrogen-bond donors (Lipinski definition) is 0. The minimum Gasteiger partial charge on any atom is -0.469 e. The van der Waals surface area contributed by atoms with Crippen LogP contribution in [0.2, 0.25) is 0 Å². The highest BCUT2D eigenvalue weighted by atomic mass is 16.5. The first kappa shape index (κ1) is 12.2. The molecule has 18 heavy (non-hydrogen) atoms. The lowest BCUT2D eigenvalue weighted by molar-refractivity contribution is -0.140. The van der Waals surface area contributed by atoms with Crippen LogP contribution in [-0.4, -0.2) is 23.8 Å². The average Bonchev–Trinajstić information content (AvgIpc) is 2.43. The molecule has 0 atom stereocenters. The Bertz CT molecular complexity index is 587. The molecule has 0 unspecified atom stereocenters. The number of pyridine rings is 1. The van der Waals surface area contributed by atoms with Gasteiger partial charge in [-0.3, -0.25) is 14.6 Å². The largest absolute Gasteiger partial charge is 0.469 e. The molecule has 0 fully saturated rings. The molecule has 2 rings (SSSR count). The summed E-state index contributed by atoms with van der Waals surface area (Å²) in [5.74, 6) is -0.471. The fraction of sp³-hybridized carbons (Fsp3) is 0.214. The molecule has 0 aliphatic rings. The second-order valence-electron chi connectivity index (χ2n) is 3.91. The predicted molar refractivity (Wildman–Crippen MR) is 67.3 cm³/mol. The lowest BCUT2D eigenvalue weighted by Crippen LogP contribution is -2.06. The van der Waals surface area contributed by atoms with Crippen molar-refractivity contribution < 1.29 is 14.3 Å². The zero-order valence-corrected chi connectivity index (χ0v) is 10.1. The second-order valence-corrected chi connectivity index (χ2v) is 3.91. The van der Waals surface area contributed by atoms with Crippen molar-refractivity contribution in [1.82, 2.24) is 4.98 Å². The first-order chi connectivity index (χ1) is 8.72. The molecule has 1 aromatic carbocycles. The van der Waals surface area contributed by atoms with Crippen LogP contribution in [0.15, 0.2) is 36.7 Å².